The second-order valence-corrected chi connectivity index (χ2v) is 17.4. The highest BCUT2D eigenvalue weighted by Crippen LogP contribution is 2.59. The van der Waals surface area contributed by atoms with Crippen LogP contribution in [0.15, 0.2) is 0 Å². The average molecular weight is 761 g/mol. The third-order valence-corrected chi connectivity index (χ3v) is 11.7. The van der Waals surface area contributed by atoms with E-state index in [0.29, 0.717) is 31.3 Å². The summed E-state index contributed by atoms with van der Waals surface area (Å²) >= 11 is 0. The molecule has 0 amide bonds. The Hall–Kier alpha value is -2.12. The summed E-state index contributed by atoms with van der Waals surface area (Å²) in [6, 6.07) is 0. The second-order valence-electron chi connectivity index (χ2n) is 17.4. The second kappa shape index (κ2) is 23.7. The molecule has 0 radical (unpaired) electrons. The summed E-state index contributed by atoms with van der Waals surface area (Å²) in [6.07, 6.45) is 10.7. The van der Waals surface area contributed by atoms with E-state index < -0.39 is 23.1 Å². The number of unbranched alkanes of at least 4 members (excludes halogenated alkanes) is 1. The number of cyclic esters (lactones) is 1. The van der Waals surface area contributed by atoms with Gasteiger partial charge in [0.25, 0.3) is 0 Å². The van der Waals surface area contributed by atoms with Crippen molar-refractivity contribution >= 4 is 23.9 Å². The maximum absolute atomic E-state index is 12.5. The first kappa shape index (κ1) is 60.1. The van der Waals surface area contributed by atoms with E-state index in [1.165, 1.54) is 32.1 Å². The van der Waals surface area contributed by atoms with Crippen molar-refractivity contribution < 1.29 is 38.1 Å². The van der Waals surface area contributed by atoms with Gasteiger partial charge in [-0.1, -0.05) is 78.7 Å². The Balaban J connectivity index is -0.000000211. The molecule has 0 aromatic carbocycles. The zero-order valence-corrected chi connectivity index (χ0v) is 32.1. The van der Waals surface area contributed by atoms with Crippen LogP contribution in [0.4, 0.5) is 0 Å². The van der Waals surface area contributed by atoms with Crippen molar-refractivity contribution in [1.82, 2.24) is 0 Å². The Labute approximate surface area is 330 Å². The van der Waals surface area contributed by atoms with Crippen LogP contribution >= 0.6 is 0 Å². The van der Waals surface area contributed by atoms with Gasteiger partial charge in [0.1, 0.15) is 11.2 Å². The summed E-state index contributed by atoms with van der Waals surface area (Å²) in [5, 5.41) is 0. The predicted octanol–water partition coefficient (Wildman–Crippen LogP) is 12.8. The van der Waals surface area contributed by atoms with Crippen molar-refractivity contribution in [3.05, 3.63) is 0 Å². The van der Waals surface area contributed by atoms with Gasteiger partial charge in [0, 0.05) is 6.42 Å². The van der Waals surface area contributed by atoms with E-state index in [-0.39, 0.29) is 78.9 Å². The van der Waals surface area contributed by atoms with Gasteiger partial charge in [0.05, 0.1) is 22.9 Å². The zero-order chi connectivity index (χ0) is 36.0. The van der Waals surface area contributed by atoms with E-state index in [1.807, 2.05) is 55.4 Å². The van der Waals surface area contributed by atoms with Crippen LogP contribution in [0.5, 0.6) is 0 Å². The molecule has 0 N–H and O–H groups in total. The minimum Gasteiger partial charge on any atom is -0.465 e. The van der Waals surface area contributed by atoms with E-state index >= 15 is 0 Å². The number of carbonyl (C=O) groups is 4. The highest BCUT2D eigenvalue weighted by molar-refractivity contribution is 5.83. The molecule has 53 heavy (non-hydrogen) atoms. The fourth-order valence-corrected chi connectivity index (χ4v) is 6.85. The summed E-state index contributed by atoms with van der Waals surface area (Å²) in [4.78, 5) is 47.0. The smallest absolute Gasteiger partial charge is 0.348 e. The van der Waals surface area contributed by atoms with Crippen molar-refractivity contribution in [3.63, 3.8) is 0 Å². The lowest BCUT2D eigenvalue weighted by molar-refractivity contribution is -0.211. The average Bonchev–Trinajstić information content (AvgIpc) is 3.26. The molecule has 8 nitrogen and oxygen atoms in total. The van der Waals surface area contributed by atoms with Gasteiger partial charge in [-0.2, -0.15) is 0 Å². The van der Waals surface area contributed by atoms with Crippen molar-refractivity contribution in [3.8, 4) is 0 Å². The quantitative estimate of drug-likeness (QED) is 0.116. The predicted molar refractivity (Wildman–Crippen MR) is 225 cm³/mol. The first-order valence-electron chi connectivity index (χ1n) is 18.4. The van der Waals surface area contributed by atoms with Crippen LogP contribution in [-0.2, 0) is 38.1 Å². The number of ether oxygens (including phenoxy) is 4. The van der Waals surface area contributed by atoms with E-state index in [2.05, 4.69) is 20.8 Å². The monoisotopic (exact) mass is 761 g/mol. The highest BCUT2D eigenvalue weighted by atomic mass is 16.6. The van der Waals surface area contributed by atoms with Gasteiger partial charge >= 0.3 is 23.9 Å². The molecule has 1 saturated heterocycles. The minimum absolute atomic E-state index is 0. The topological polar surface area (TPSA) is 105 Å². The third kappa shape index (κ3) is 15.9. The lowest BCUT2D eigenvalue weighted by Crippen LogP contribution is -2.58. The van der Waals surface area contributed by atoms with E-state index in [9.17, 15) is 19.2 Å². The molecule has 0 aromatic rings. The summed E-state index contributed by atoms with van der Waals surface area (Å²) in [7, 11) is 0. The summed E-state index contributed by atoms with van der Waals surface area (Å²) in [5.41, 5.74) is -1.90. The fraction of sp³-hybridized carbons (Fsp3) is 0.911. The first-order chi connectivity index (χ1) is 21.6. The normalized spacial score (nSPS) is 25.8. The van der Waals surface area contributed by atoms with E-state index in [0.717, 1.165) is 37.5 Å². The molecule has 0 aromatic heterocycles. The Morgan fingerprint density at radius 2 is 1.06 bits per heavy atom. The van der Waals surface area contributed by atoms with E-state index in [4.69, 9.17) is 18.9 Å². The van der Waals surface area contributed by atoms with Crippen molar-refractivity contribution in [2.75, 3.05) is 6.61 Å². The van der Waals surface area contributed by atoms with Gasteiger partial charge in [-0.15, -0.1) is 0 Å². The number of carbonyl (C=O) groups excluding carboxylic acids is 4. The lowest BCUT2D eigenvalue weighted by atomic mass is 9.50. The van der Waals surface area contributed by atoms with Crippen LogP contribution in [0, 0.1) is 39.9 Å². The van der Waals surface area contributed by atoms with Gasteiger partial charge < -0.3 is 18.9 Å². The summed E-state index contributed by atoms with van der Waals surface area (Å²) in [5.74, 6) is 2.27. The molecule has 8 heteroatoms. The molecule has 5 fully saturated rings. The molecule has 320 valence electrons. The van der Waals surface area contributed by atoms with E-state index in [1.54, 1.807) is 13.8 Å². The number of hydrogen-bond donors (Lipinski definition) is 0. The molecule has 1 heterocycles. The Morgan fingerprint density at radius 1 is 0.660 bits per heavy atom. The SMILES string of the molecule is C.C.C.C.C.C.CCC(C)(C)C(=O)OC1(C)C2CC3CC(C2)CC1C3.CCC(C)(C)C(=O)OC1CC(C)(C)OC1=O.CCCCOC(=O)C(C)(C)CC. The van der Waals surface area contributed by atoms with Crippen molar-refractivity contribution in [1.29, 1.82) is 0 Å². The molecule has 0 spiro atoms. The molecule has 4 saturated carbocycles. The molecule has 1 aliphatic heterocycles. The van der Waals surface area contributed by atoms with Gasteiger partial charge in [-0.25, -0.2) is 4.79 Å². The molecule has 5 aliphatic rings. The molecular formula is C45H92O8. The van der Waals surface area contributed by atoms with Crippen LogP contribution in [0.2, 0.25) is 0 Å². The summed E-state index contributed by atoms with van der Waals surface area (Å²) in [6.45, 7) is 25.9. The van der Waals surface area contributed by atoms with Crippen LogP contribution in [0.1, 0.15) is 205 Å². The van der Waals surface area contributed by atoms with Gasteiger partial charge in [-0.3, -0.25) is 14.4 Å². The standard InChI is InChI=1S/C17H28O2.C12H20O4.C10H20O2.6CH4/c1-5-16(2,3)15(18)19-17(4)13-7-11-6-12(9-13)10-14(17)8-11;1-6-11(2,3)10(14)15-8-7-12(4,5)16-9(8)13;1-5-7-8-12-9(11)10(3,4)6-2;;;;;;/h11-14H,5-10H2,1-4H3;8H,6-7H2,1-5H3;5-8H2,1-4H3;6*1H4. The maximum Gasteiger partial charge on any atom is 0.348 e. The third-order valence-electron chi connectivity index (χ3n) is 11.7. The van der Waals surface area contributed by atoms with Crippen molar-refractivity contribution in [2.24, 2.45) is 39.9 Å². The van der Waals surface area contributed by atoms with Crippen molar-refractivity contribution in [2.45, 2.75) is 223 Å². The van der Waals surface area contributed by atoms with Crippen LogP contribution in [-0.4, -0.2) is 47.8 Å². The molecule has 4 bridgehead atoms. The minimum atomic E-state index is -0.742. The Bertz CT molecular complexity index is 1060. The lowest BCUT2D eigenvalue weighted by Gasteiger charge is -2.59. The van der Waals surface area contributed by atoms with Crippen LogP contribution in [0.3, 0.4) is 0 Å². The maximum atomic E-state index is 12.5. The Kier molecular flexibility index (Phi) is 26.9. The van der Waals surface area contributed by atoms with Gasteiger partial charge in [0.2, 0.25) is 6.10 Å². The molecular weight excluding hydrogens is 668 g/mol. The number of esters is 4. The molecule has 1 atom stereocenters. The van der Waals surface area contributed by atoms with Crippen LogP contribution < -0.4 is 0 Å². The van der Waals surface area contributed by atoms with Gasteiger partial charge in [0.15, 0.2) is 0 Å². The number of hydrogen-bond acceptors (Lipinski definition) is 8. The molecule has 5 rings (SSSR count). The highest BCUT2D eigenvalue weighted by Gasteiger charge is 2.57. The zero-order valence-electron chi connectivity index (χ0n) is 32.1. The fourth-order valence-electron chi connectivity index (χ4n) is 6.85. The number of rotatable bonds is 11. The Morgan fingerprint density at radius 3 is 1.42 bits per heavy atom. The first-order valence-corrected chi connectivity index (χ1v) is 18.4. The molecule has 4 aliphatic carbocycles. The largest absolute Gasteiger partial charge is 0.465 e. The van der Waals surface area contributed by atoms with Crippen LogP contribution in [0.25, 0.3) is 0 Å². The summed E-state index contributed by atoms with van der Waals surface area (Å²) < 4.78 is 21.5. The molecule has 1 unspecified atom stereocenters. The van der Waals surface area contributed by atoms with Gasteiger partial charge in [-0.05, 0) is 144 Å².